The normalized spacial score (nSPS) is 11.9. The highest BCUT2D eigenvalue weighted by molar-refractivity contribution is 7.89. The van der Waals surface area contributed by atoms with Crippen LogP contribution in [0.3, 0.4) is 0 Å². The van der Waals surface area contributed by atoms with Crippen molar-refractivity contribution in [1.82, 2.24) is 9.29 Å². The van der Waals surface area contributed by atoms with E-state index in [9.17, 15) is 8.42 Å². The smallest absolute Gasteiger partial charge is 0.242 e. The second kappa shape index (κ2) is 5.46. The molecule has 0 aliphatic rings. The molecule has 2 heterocycles. The number of sulfonamides is 1. The fourth-order valence-electron chi connectivity index (χ4n) is 1.75. The Morgan fingerprint density at radius 3 is 2.68 bits per heavy atom. The topological polar surface area (TPSA) is 77.1 Å². The quantitative estimate of drug-likeness (QED) is 0.874. The molecule has 0 spiro atoms. The Hall–Kier alpha value is -1.15. The predicted molar refractivity (Wildman–Crippen MR) is 76.4 cm³/mol. The summed E-state index contributed by atoms with van der Waals surface area (Å²) in [5.74, 6) is 0. The van der Waals surface area contributed by atoms with Gasteiger partial charge in [0.15, 0.2) is 0 Å². The molecule has 0 aliphatic carbocycles. The van der Waals surface area contributed by atoms with Crippen LogP contribution in [0.25, 0.3) is 0 Å². The molecule has 0 saturated heterocycles. The van der Waals surface area contributed by atoms with Gasteiger partial charge in [-0.1, -0.05) is 0 Å². The van der Waals surface area contributed by atoms with Gasteiger partial charge in [0.2, 0.25) is 10.0 Å². The largest absolute Gasteiger partial charge is 0.352 e. The number of rotatable bonds is 5. The maximum atomic E-state index is 12.2. The van der Waals surface area contributed by atoms with Crippen molar-refractivity contribution in [3.63, 3.8) is 0 Å². The number of nitrogens with one attached hydrogen (secondary N) is 1. The lowest BCUT2D eigenvalue weighted by atomic mass is 10.2. The third-order valence-electron chi connectivity index (χ3n) is 3.02. The molecule has 0 unspecified atom stereocenters. The maximum Gasteiger partial charge on any atom is 0.242 e. The summed E-state index contributed by atoms with van der Waals surface area (Å²) in [6.45, 7) is 2.59. The van der Waals surface area contributed by atoms with Crippen molar-refractivity contribution in [3.05, 3.63) is 39.8 Å². The summed E-state index contributed by atoms with van der Waals surface area (Å²) in [4.78, 5) is 0.253. The van der Waals surface area contributed by atoms with Crippen LogP contribution in [-0.4, -0.2) is 13.0 Å². The summed E-state index contributed by atoms with van der Waals surface area (Å²) in [5, 5.41) is 3.95. The van der Waals surface area contributed by atoms with E-state index >= 15 is 0 Å². The number of nitrogens with zero attached hydrogens (tertiary/aromatic N) is 1. The highest BCUT2D eigenvalue weighted by Crippen LogP contribution is 2.16. The van der Waals surface area contributed by atoms with Gasteiger partial charge in [-0.05, 0) is 34.9 Å². The molecule has 0 amide bonds. The second-order valence-electron chi connectivity index (χ2n) is 4.39. The van der Waals surface area contributed by atoms with E-state index in [1.54, 1.807) is 35.2 Å². The van der Waals surface area contributed by atoms with Crippen molar-refractivity contribution in [2.24, 2.45) is 12.8 Å². The van der Waals surface area contributed by atoms with E-state index in [1.165, 1.54) is 0 Å². The summed E-state index contributed by atoms with van der Waals surface area (Å²) in [6.07, 6.45) is 1.57. The minimum Gasteiger partial charge on any atom is -0.352 e. The zero-order valence-corrected chi connectivity index (χ0v) is 12.5. The first-order valence-electron chi connectivity index (χ1n) is 5.80. The van der Waals surface area contributed by atoms with Crippen LogP contribution >= 0.6 is 11.3 Å². The Bertz CT molecular complexity index is 671. The number of hydrogen-bond donors (Lipinski definition) is 2. The standard InChI is InChI=1S/C12H17N3O2S2/c1-9-7-18-8-10(9)5-14-19(16,17)12-3-11(4-13)15(2)6-12/h3,6-8,14H,4-5,13H2,1-2H3. The van der Waals surface area contributed by atoms with E-state index in [-0.39, 0.29) is 4.90 Å². The third-order valence-corrected chi connectivity index (χ3v) is 5.29. The van der Waals surface area contributed by atoms with Crippen molar-refractivity contribution in [3.8, 4) is 0 Å². The summed E-state index contributed by atoms with van der Waals surface area (Å²) < 4.78 is 28.7. The molecular formula is C12H17N3O2S2. The SMILES string of the molecule is Cc1cscc1CNS(=O)(=O)c1cc(CN)n(C)c1. The molecular weight excluding hydrogens is 282 g/mol. The Balaban J connectivity index is 2.16. The maximum absolute atomic E-state index is 12.2. The average molecular weight is 299 g/mol. The molecule has 2 aromatic heterocycles. The van der Waals surface area contributed by atoms with Gasteiger partial charge in [-0.15, -0.1) is 0 Å². The van der Waals surface area contributed by atoms with Crippen molar-refractivity contribution in [1.29, 1.82) is 0 Å². The molecule has 2 aromatic rings. The monoisotopic (exact) mass is 299 g/mol. The van der Waals surface area contributed by atoms with Gasteiger partial charge in [0, 0.05) is 32.0 Å². The average Bonchev–Trinajstić information content (AvgIpc) is 2.93. The van der Waals surface area contributed by atoms with Crippen molar-refractivity contribution < 1.29 is 8.42 Å². The molecule has 7 heteroatoms. The van der Waals surface area contributed by atoms with Crippen LogP contribution < -0.4 is 10.5 Å². The van der Waals surface area contributed by atoms with E-state index in [0.29, 0.717) is 13.1 Å². The van der Waals surface area contributed by atoms with E-state index in [4.69, 9.17) is 5.73 Å². The first-order chi connectivity index (χ1) is 8.94. The molecule has 0 bridgehead atoms. The Kier molecular flexibility index (Phi) is 4.10. The van der Waals surface area contributed by atoms with Gasteiger partial charge in [-0.2, -0.15) is 11.3 Å². The van der Waals surface area contributed by atoms with Gasteiger partial charge in [-0.25, -0.2) is 13.1 Å². The van der Waals surface area contributed by atoms with E-state index < -0.39 is 10.0 Å². The summed E-state index contributed by atoms with van der Waals surface area (Å²) in [7, 11) is -1.70. The Labute approximate surface area is 117 Å². The van der Waals surface area contributed by atoms with Crippen LogP contribution in [0.4, 0.5) is 0 Å². The highest BCUT2D eigenvalue weighted by Gasteiger charge is 2.17. The van der Waals surface area contributed by atoms with Crippen LogP contribution in [0, 0.1) is 6.92 Å². The summed E-state index contributed by atoms with van der Waals surface area (Å²) in [6, 6.07) is 1.60. The highest BCUT2D eigenvalue weighted by atomic mass is 32.2. The molecule has 104 valence electrons. The molecule has 0 aliphatic heterocycles. The fourth-order valence-corrected chi connectivity index (χ4v) is 3.71. The van der Waals surface area contributed by atoms with Crippen molar-refractivity contribution in [2.45, 2.75) is 24.9 Å². The molecule has 0 fully saturated rings. The molecule has 0 atom stereocenters. The van der Waals surface area contributed by atoms with Crippen LogP contribution in [0.1, 0.15) is 16.8 Å². The third kappa shape index (κ3) is 3.06. The lowest BCUT2D eigenvalue weighted by molar-refractivity contribution is 0.581. The lowest BCUT2D eigenvalue weighted by Gasteiger charge is -2.04. The second-order valence-corrected chi connectivity index (χ2v) is 6.90. The Morgan fingerprint density at radius 1 is 1.42 bits per heavy atom. The van der Waals surface area contributed by atoms with Gasteiger partial charge in [0.1, 0.15) is 0 Å². The van der Waals surface area contributed by atoms with Crippen LogP contribution in [0.2, 0.25) is 0 Å². The van der Waals surface area contributed by atoms with Gasteiger partial charge >= 0.3 is 0 Å². The van der Waals surface area contributed by atoms with E-state index in [0.717, 1.165) is 16.8 Å². The molecule has 5 nitrogen and oxygen atoms in total. The fraction of sp³-hybridized carbons (Fsp3) is 0.333. The number of hydrogen-bond acceptors (Lipinski definition) is 4. The minimum absolute atomic E-state index is 0.253. The van der Waals surface area contributed by atoms with Gasteiger partial charge in [-0.3, -0.25) is 0 Å². The zero-order valence-electron chi connectivity index (χ0n) is 10.9. The van der Waals surface area contributed by atoms with Crippen LogP contribution in [-0.2, 0) is 30.2 Å². The van der Waals surface area contributed by atoms with Gasteiger partial charge < -0.3 is 10.3 Å². The Morgan fingerprint density at radius 2 is 2.16 bits per heavy atom. The molecule has 2 rings (SSSR count). The number of thiophene rings is 1. The van der Waals surface area contributed by atoms with Gasteiger partial charge in [0.25, 0.3) is 0 Å². The summed E-state index contributed by atoms with van der Waals surface area (Å²) in [5.41, 5.74) is 8.43. The number of aromatic nitrogens is 1. The zero-order chi connectivity index (χ0) is 14.0. The minimum atomic E-state index is -3.49. The molecule has 0 saturated carbocycles. The summed E-state index contributed by atoms with van der Waals surface area (Å²) >= 11 is 1.57. The van der Waals surface area contributed by atoms with Crippen LogP contribution in [0.15, 0.2) is 27.9 Å². The first kappa shape index (κ1) is 14.3. The van der Waals surface area contributed by atoms with E-state index in [1.807, 2.05) is 17.7 Å². The molecule has 19 heavy (non-hydrogen) atoms. The number of aryl methyl sites for hydroxylation is 2. The molecule has 0 aromatic carbocycles. The first-order valence-corrected chi connectivity index (χ1v) is 8.23. The van der Waals surface area contributed by atoms with Crippen molar-refractivity contribution >= 4 is 21.4 Å². The van der Waals surface area contributed by atoms with E-state index in [2.05, 4.69) is 4.72 Å². The van der Waals surface area contributed by atoms with Crippen molar-refractivity contribution in [2.75, 3.05) is 0 Å². The molecule has 3 N–H and O–H groups in total. The predicted octanol–water partition coefficient (Wildman–Crippen LogP) is 1.33. The number of nitrogens with two attached hydrogens (primary N) is 1. The van der Waals surface area contributed by atoms with Gasteiger partial charge in [0.05, 0.1) is 4.90 Å². The molecule has 0 radical (unpaired) electrons. The lowest BCUT2D eigenvalue weighted by Crippen LogP contribution is -2.23. The van der Waals surface area contributed by atoms with Crippen LogP contribution in [0.5, 0.6) is 0 Å².